The largest absolute Gasteiger partial charge is 0.493 e. The number of aryl methyl sites for hydroxylation is 1. The van der Waals surface area contributed by atoms with E-state index in [1.165, 1.54) is 5.57 Å². The Hall–Kier alpha value is -3.38. The molecule has 0 aliphatic rings. The van der Waals surface area contributed by atoms with Crippen molar-refractivity contribution in [3.05, 3.63) is 81.2 Å². The van der Waals surface area contributed by atoms with Crippen LogP contribution in [0.2, 0.25) is 0 Å². The maximum absolute atomic E-state index is 12.8. The summed E-state index contributed by atoms with van der Waals surface area (Å²) in [7, 11) is 4.04. The van der Waals surface area contributed by atoms with Crippen molar-refractivity contribution in [1.82, 2.24) is 4.90 Å². The number of rotatable bonds is 9. The summed E-state index contributed by atoms with van der Waals surface area (Å²) in [5.41, 5.74) is 3.49. The van der Waals surface area contributed by atoms with E-state index >= 15 is 0 Å². The highest BCUT2D eigenvalue weighted by Crippen LogP contribution is 2.28. The fourth-order valence-electron chi connectivity index (χ4n) is 3.47. The highest BCUT2D eigenvalue weighted by Gasteiger charge is 2.14. The van der Waals surface area contributed by atoms with E-state index < -0.39 is 5.63 Å². The van der Waals surface area contributed by atoms with Gasteiger partial charge >= 0.3 is 5.63 Å². The van der Waals surface area contributed by atoms with Crippen molar-refractivity contribution in [3.8, 4) is 5.75 Å². The average Bonchev–Trinajstić information content (AvgIpc) is 2.77. The van der Waals surface area contributed by atoms with E-state index in [0.29, 0.717) is 23.5 Å². The van der Waals surface area contributed by atoms with Gasteiger partial charge in [-0.2, -0.15) is 0 Å². The van der Waals surface area contributed by atoms with Crippen LogP contribution in [0.15, 0.2) is 63.3 Å². The quantitative estimate of drug-likeness (QED) is 0.277. The lowest BCUT2D eigenvalue weighted by Crippen LogP contribution is -2.18. The number of ether oxygens (including phenoxy) is 1. The molecule has 0 saturated carbocycles. The Morgan fingerprint density at radius 1 is 1.15 bits per heavy atom. The Balaban J connectivity index is 1.78. The predicted molar refractivity (Wildman–Crippen MR) is 133 cm³/mol. The molecule has 6 heteroatoms. The van der Waals surface area contributed by atoms with Gasteiger partial charge in [0.1, 0.15) is 17.0 Å². The molecule has 1 heterocycles. The molecule has 0 unspecified atom stereocenters. The molecule has 1 N–H and O–H groups in total. The third-order valence-corrected chi connectivity index (χ3v) is 5.29. The number of hydrogen-bond donors (Lipinski definition) is 1. The molecule has 6 nitrogen and oxygen atoms in total. The topological polar surface area (TPSA) is 71.8 Å². The number of carbonyl (C=O) groups is 1. The molecule has 0 atom stereocenters. The van der Waals surface area contributed by atoms with Gasteiger partial charge in [-0.15, -0.1) is 0 Å². The summed E-state index contributed by atoms with van der Waals surface area (Å²) in [6.45, 7) is 7.45. The van der Waals surface area contributed by atoms with E-state index in [0.717, 1.165) is 35.9 Å². The van der Waals surface area contributed by atoms with Crippen molar-refractivity contribution < 1.29 is 13.9 Å². The molecule has 174 valence electrons. The van der Waals surface area contributed by atoms with E-state index in [1.54, 1.807) is 12.1 Å². The van der Waals surface area contributed by atoms with Gasteiger partial charge in [-0.3, -0.25) is 4.79 Å². The van der Waals surface area contributed by atoms with Gasteiger partial charge in [0.2, 0.25) is 0 Å². The molecule has 0 bridgehead atoms. The Morgan fingerprint density at radius 2 is 1.94 bits per heavy atom. The van der Waals surface area contributed by atoms with Crippen LogP contribution in [0.5, 0.6) is 5.75 Å². The third-order valence-electron chi connectivity index (χ3n) is 5.29. The third kappa shape index (κ3) is 6.56. The first-order valence-electron chi connectivity index (χ1n) is 11.1. The van der Waals surface area contributed by atoms with E-state index in [9.17, 15) is 9.59 Å². The first kappa shape index (κ1) is 24.3. The van der Waals surface area contributed by atoms with Gasteiger partial charge < -0.3 is 19.4 Å². The van der Waals surface area contributed by atoms with Crippen LogP contribution in [0.4, 0.5) is 5.69 Å². The summed E-state index contributed by atoms with van der Waals surface area (Å²) in [6.07, 6.45) is 3.76. The molecule has 0 saturated heterocycles. The van der Waals surface area contributed by atoms with Crippen molar-refractivity contribution >= 4 is 22.6 Å². The fourth-order valence-corrected chi connectivity index (χ4v) is 3.47. The lowest BCUT2D eigenvalue weighted by atomic mass is 10.1. The zero-order chi connectivity index (χ0) is 24.0. The summed E-state index contributed by atoms with van der Waals surface area (Å²) < 4.78 is 11.4. The summed E-state index contributed by atoms with van der Waals surface area (Å²) in [5, 5.41) is 3.42. The smallest absolute Gasteiger partial charge is 0.360 e. The highest BCUT2D eigenvalue weighted by molar-refractivity contribution is 6.05. The number of amides is 1. The normalized spacial score (nSPS) is 11.0. The number of carbonyl (C=O) groups excluding carboxylic acids is 1. The second kappa shape index (κ2) is 11.0. The second-order valence-electron chi connectivity index (χ2n) is 8.70. The number of benzene rings is 2. The highest BCUT2D eigenvalue weighted by atomic mass is 16.5. The van der Waals surface area contributed by atoms with Gasteiger partial charge in [0.25, 0.3) is 5.91 Å². The van der Waals surface area contributed by atoms with Crippen LogP contribution < -0.4 is 15.7 Å². The molecule has 2 aromatic carbocycles. The Morgan fingerprint density at radius 3 is 2.67 bits per heavy atom. The molecular formula is C27H32N2O4. The maximum Gasteiger partial charge on any atom is 0.360 e. The number of hydrogen-bond acceptors (Lipinski definition) is 5. The number of anilines is 1. The first-order chi connectivity index (χ1) is 15.7. The lowest BCUT2D eigenvalue weighted by molar-refractivity contribution is 0.102. The first-order valence-corrected chi connectivity index (χ1v) is 11.1. The number of fused-ring (bicyclic) bond motifs is 1. The molecule has 0 radical (unpaired) electrons. The second-order valence-corrected chi connectivity index (χ2v) is 8.70. The Labute approximate surface area is 194 Å². The minimum Gasteiger partial charge on any atom is -0.493 e. The van der Waals surface area contributed by atoms with Crippen LogP contribution in [-0.4, -0.2) is 38.1 Å². The minimum absolute atomic E-state index is 0.112. The standard InChI is InChI=1S/C27H32N2O4/c1-18(2)10-11-20-8-6-9-22(16-20)26(30)28-23-17-21-12-13-24(32-15-7-14-29(4)5)19(3)25(21)33-27(23)31/h6,8-10,12-13,16-17H,7,11,14-15H2,1-5H3,(H,28,30). The molecule has 0 spiro atoms. The van der Waals surface area contributed by atoms with Crippen LogP contribution in [0.3, 0.4) is 0 Å². The van der Waals surface area contributed by atoms with Gasteiger partial charge in [0.05, 0.1) is 6.61 Å². The predicted octanol–water partition coefficient (Wildman–Crippen LogP) is 5.19. The van der Waals surface area contributed by atoms with E-state index in [2.05, 4.69) is 16.3 Å². The van der Waals surface area contributed by atoms with Gasteiger partial charge in [-0.25, -0.2) is 4.79 Å². The van der Waals surface area contributed by atoms with Gasteiger partial charge in [-0.05, 0) is 83.6 Å². The number of allylic oxidation sites excluding steroid dienone is 2. The molecule has 0 fully saturated rings. The van der Waals surface area contributed by atoms with Crippen LogP contribution in [0.1, 0.15) is 41.8 Å². The zero-order valence-corrected chi connectivity index (χ0v) is 20.0. The molecule has 1 aromatic heterocycles. The van der Waals surface area contributed by atoms with Crippen molar-refractivity contribution in [2.45, 2.75) is 33.6 Å². The van der Waals surface area contributed by atoms with Crippen LogP contribution >= 0.6 is 0 Å². The number of nitrogens with zero attached hydrogens (tertiary/aromatic N) is 1. The van der Waals surface area contributed by atoms with E-state index in [1.807, 2.05) is 65.2 Å². The molecule has 0 aliphatic heterocycles. The molecular weight excluding hydrogens is 416 g/mol. The van der Waals surface area contributed by atoms with Crippen molar-refractivity contribution in [2.24, 2.45) is 0 Å². The van der Waals surface area contributed by atoms with E-state index in [4.69, 9.17) is 9.15 Å². The molecule has 33 heavy (non-hydrogen) atoms. The molecule has 3 rings (SSSR count). The average molecular weight is 449 g/mol. The molecule has 0 aliphatic carbocycles. The summed E-state index contributed by atoms with van der Waals surface area (Å²) >= 11 is 0. The molecule has 3 aromatic rings. The van der Waals surface area contributed by atoms with Crippen LogP contribution in [0, 0.1) is 6.92 Å². The van der Waals surface area contributed by atoms with Crippen LogP contribution in [-0.2, 0) is 6.42 Å². The fraction of sp³-hybridized carbons (Fsp3) is 0.333. The van der Waals surface area contributed by atoms with Gasteiger partial charge in [0, 0.05) is 23.1 Å². The van der Waals surface area contributed by atoms with Crippen molar-refractivity contribution in [1.29, 1.82) is 0 Å². The van der Waals surface area contributed by atoms with Crippen LogP contribution in [0.25, 0.3) is 11.0 Å². The Kier molecular flexibility index (Phi) is 8.06. The monoisotopic (exact) mass is 448 g/mol. The van der Waals surface area contributed by atoms with Crippen molar-refractivity contribution in [2.75, 3.05) is 32.6 Å². The van der Waals surface area contributed by atoms with Gasteiger partial charge in [0.15, 0.2) is 0 Å². The summed E-state index contributed by atoms with van der Waals surface area (Å²) in [4.78, 5) is 27.5. The molecule has 1 amide bonds. The number of nitrogens with one attached hydrogen (secondary N) is 1. The Bertz CT molecular complexity index is 1220. The van der Waals surface area contributed by atoms with Gasteiger partial charge in [-0.1, -0.05) is 23.8 Å². The zero-order valence-electron chi connectivity index (χ0n) is 20.0. The van der Waals surface area contributed by atoms with Crippen molar-refractivity contribution in [3.63, 3.8) is 0 Å². The summed E-state index contributed by atoms with van der Waals surface area (Å²) in [5.74, 6) is 0.340. The summed E-state index contributed by atoms with van der Waals surface area (Å²) in [6, 6.07) is 12.7. The van der Waals surface area contributed by atoms with E-state index in [-0.39, 0.29) is 11.6 Å². The SMILES string of the molecule is CC(C)=CCc1cccc(C(=O)Nc2cc3ccc(OCCCN(C)C)c(C)c3oc2=O)c1. The minimum atomic E-state index is -0.593. The maximum atomic E-state index is 12.8. The lowest BCUT2D eigenvalue weighted by Gasteiger charge is -2.13.